The summed E-state index contributed by atoms with van der Waals surface area (Å²) in [7, 11) is 0. The van der Waals surface area contributed by atoms with E-state index in [4.69, 9.17) is 0 Å². The molecule has 0 amide bonds. The number of alkyl halides is 3. The number of aromatic nitrogens is 1. The summed E-state index contributed by atoms with van der Waals surface area (Å²) in [5.41, 5.74) is 0.125. The lowest BCUT2D eigenvalue weighted by molar-refractivity contribution is -0.137. The second-order valence-electron chi connectivity index (χ2n) is 3.93. The van der Waals surface area contributed by atoms with Gasteiger partial charge in [-0.25, -0.2) is 4.98 Å². The first-order valence-corrected chi connectivity index (χ1v) is 5.18. The number of halogens is 4. The van der Waals surface area contributed by atoms with Crippen LogP contribution in [0.4, 0.5) is 17.6 Å². The summed E-state index contributed by atoms with van der Waals surface area (Å²) in [6.45, 7) is 1.55. The van der Waals surface area contributed by atoms with Gasteiger partial charge in [0.2, 0.25) is 5.95 Å². The van der Waals surface area contributed by atoms with Gasteiger partial charge >= 0.3 is 6.18 Å². The Balaban J connectivity index is 2.55. The number of hydrogen-bond acceptors (Lipinski definition) is 1. The van der Waals surface area contributed by atoms with E-state index in [0.717, 1.165) is 18.2 Å². The Morgan fingerprint density at radius 1 is 1.06 bits per heavy atom. The Hall–Kier alpha value is -1.91. The van der Waals surface area contributed by atoms with Gasteiger partial charge in [-0.1, -0.05) is 6.07 Å². The Labute approximate surface area is 101 Å². The molecule has 0 aliphatic rings. The van der Waals surface area contributed by atoms with E-state index >= 15 is 0 Å². The summed E-state index contributed by atoms with van der Waals surface area (Å²) in [6.07, 6.45) is -4.42. The molecule has 1 aromatic heterocycles. The maximum atomic E-state index is 13.0. The molecule has 0 aliphatic heterocycles. The van der Waals surface area contributed by atoms with Crippen molar-refractivity contribution in [2.24, 2.45) is 0 Å². The van der Waals surface area contributed by atoms with Crippen molar-refractivity contribution in [2.75, 3.05) is 0 Å². The zero-order chi connectivity index (χ0) is 13.3. The Morgan fingerprint density at radius 3 is 2.39 bits per heavy atom. The summed E-state index contributed by atoms with van der Waals surface area (Å²) in [6, 6.07) is 7.57. The first-order valence-electron chi connectivity index (χ1n) is 5.18. The van der Waals surface area contributed by atoms with E-state index < -0.39 is 17.7 Å². The first-order chi connectivity index (χ1) is 8.36. The lowest BCUT2D eigenvalue weighted by atomic mass is 10.0. The number of rotatable bonds is 1. The lowest BCUT2D eigenvalue weighted by Gasteiger charge is -2.10. The highest BCUT2D eigenvalue weighted by atomic mass is 19.4. The molecule has 2 aromatic rings. The fourth-order valence-electron chi connectivity index (χ4n) is 1.66. The van der Waals surface area contributed by atoms with Gasteiger partial charge in [0.05, 0.1) is 11.3 Å². The van der Waals surface area contributed by atoms with Gasteiger partial charge in [0.1, 0.15) is 0 Å². The Morgan fingerprint density at radius 2 is 1.78 bits per heavy atom. The normalized spacial score (nSPS) is 11.6. The highest BCUT2D eigenvalue weighted by molar-refractivity contribution is 5.61. The first kappa shape index (κ1) is 12.5. The maximum Gasteiger partial charge on any atom is 0.416 e. The fourth-order valence-corrected chi connectivity index (χ4v) is 1.66. The largest absolute Gasteiger partial charge is 0.416 e. The number of hydrogen-bond donors (Lipinski definition) is 0. The third kappa shape index (κ3) is 2.67. The average molecular weight is 255 g/mol. The van der Waals surface area contributed by atoms with Gasteiger partial charge in [0.15, 0.2) is 0 Å². The molecule has 0 saturated heterocycles. The summed E-state index contributed by atoms with van der Waals surface area (Å²) in [5.74, 6) is -0.720. The molecule has 18 heavy (non-hydrogen) atoms. The Kier molecular flexibility index (Phi) is 3.07. The van der Waals surface area contributed by atoms with Crippen molar-refractivity contribution in [3.63, 3.8) is 0 Å². The SMILES string of the molecule is Cc1cc(-c2cccc(F)n2)cc(C(F)(F)F)c1. The zero-order valence-corrected chi connectivity index (χ0v) is 9.42. The molecule has 1 aromatic carbocycles. The minimum Gasteiger partial charge on any atom is -0.220 e. The summed E-state index contributed by atoms with van der Waals surface area (Å²) >= 11 is 0. The zero-order valence-electron chi connectivity index (χ0n) is 9.42. The highest BCUT2D eigenvalue weighted by Crippen LogP contribution is 2.32. The molecule has 0 spiro atoms. The van der Waals surface area contributed by atoms with Gasteiger partial charge in [0.25, 0.3) is 0 Å². The molecular weight excluding hydrogens is 246 g/mol. The molecule has 0 bridgehead atoms. The van der Waals surface area contributed by atoms with Crippen LogP contribution in [-0.2, 0) is 6.18 Å². The number of benzene rings is 1. The molecule has 5 heteroatoms. The highest BCUT2D eigenvalue weighted by Gasteiger charge is 2.31. The van der Waals surface area contributed by atoms with Gasteiger partial charge in [-0.15, -0.1) is 0 Å². The van der Waals surface area contributed by atoms with Crippen LogP contribution in [0.3, 0.4) is 0 Å². The predicted octanol–water partition coefficient (Wildman–Crippen LogP) is 4.21. The minimum atomic E-state index is -4.42. The smallest absolute Gasteiger partial charge is 0.220 e. The third-order valence-electron chi connectivity index (χ3n) is 2.42. The van der Waals surface area contributed by atoms with Crippen molar-refractivity contribution in [3.05, 3.63) is 53.5 Å². The molecule has 1 heterocycles. The van der Waals surface area contributed by atoms with Crippen LogP contribution in [0.5, 0.6) is 0 Å². The van der Waals surface area contributed by atoms with Crippen molar-refractivity contribution in [1.29, 1.82) is 0 Å². The molecular formula is C13H9F4N. The molecule has 0 unspecified atom stereocenters. The second-order valence-corrected chi connectivity index (χ2v) is 3.93. The van der Waals surface area contributed by atoms with Crippen LogP contribution >= 0.6 is 0 Å². The molecule has 0 saturated carbocycles. The van der Waals surface area contributed by atoms with Crippen LogP contribution in [-0.4, -0.2) is 4.98 Å². The average Bonchev–Trinajstić information content (AvgIpc) is 2.27. The summed E-state index contributed by atoms with van der Waals surface area (Å²) < 4.78 is 50.9. The maximum absolute atomic E-state index is 13.0. The predicted molar refractivity (Wildman–Crippen MR) is 59.4 cm³/mol. The van der Waals surface area contributed by atoms with Gasteiger partial charge in [0, 0.05) is 5.56 Å². The third-order valence-corrected chi connectivity index (χ3v) is 2.42. The van der Waals surface area contributed by atoms with E-state index in [2.05, 4.69) is 4.98 Å². The fraction of sp³-hybridized carbons (Fsp3) is 0.154. The molecule has 0 aliphatic carbocycles. The molecule has 1 nitrogen and oxygen atoms in total. The number of pyridine rings is 1. The summed E-state index contributed by atoms with van der Waals surface area (Å²) in [4.78, 5) is 3.57. The van der Waals surface area contributed by atoms with Crippen LogP contribution in [0.1, 0.15) is 11.1 Å². The van der Waals surface area contributed by atoms with Crippen molar-refractivity contribution in [1.82, 2.24) is 4.98 Å². The van der Waals surface area contributed by atoms with E-state index in [0.29, 0.717) is 5.56 Å². The van der Waals surface area contributed by atoms with Gasteiger partial charge in [-0.3, -0.25) is 0 Å². The van der Waals surface area contributed by atoms with Crippen molar-refractivity contribution in [3.8, 4) is 11.3 Å². The Bertz CT molecular complexity index is 575. The molecule has 94 valence electrons. The topological polar surface area (TPSA) is 12.9 Å². The molecule has 0 N–H and O–H groups in total. The molecule has 0 fully saturated rings. The van der Waals surface area contributed by atoms with E-state index in [1.807, 2.05) is 0 Å². The van der Waals surface area contributed by atoms with Gasteiger partial charge < -0.3 is 0 Å². The molecule has 2 rings (SSSR count). The van der Waals surface area contributed by atoms with E-state index in [9.17, 15) is 17.6 Å². The quantitative estimate of drug-likeness (QED) is 0.549. The van der Waals surface area contributed by atoms with E-state index in [1.165, 1.54) is 18.2 Å². The number of aryl methyl sites for hydroxylation is 1. The monoisotopic (exact) mass is 255 g/mol. The van der Waals surface area contributed by atoms with E-state index in [-0.39, 0.29) is 11.3 Å². The van der Waals surface area contributed by atoms with Gasteiger partial charge in [-0.2, -0.15) is 17.6 Å². The van der Waals surface area contributed by atoms with Crippen molar-refractivity contribution in [2.45, 2.75) is 13.1 Å². The second kappa shape index (κ2) is 4.40. The van der Waals surface area contributed by atoms with Gasteiger partial charge in [-0.05, 0) is 42.8 Å². The minimum absolute atomic E-state index is 0.184. The standard InChI is InChI=1S/C13H9F4N/c1-8-5-9(7-10(6-8)13(15,16)17)11-3-2-4-12(14)18-11/h2-7H,1H3. The van der Waals surface area contributed by atoms with Crippen LogP contribution in [0.15, 0.2) is 36.4 Å². The van der Waals surface area contributed by atoms with Crippen LogP contribution < -0.4 is 0 Å². The van der Waals surface area contributed by atoms with Crippen LogP contribution in [0.2, 0.25) is 0 Å². The molecule has 0 atom stereocenters. The molecule has 0 radical (unpaired) electrons. The van der Waals surface area contributed by atoms with Crippen molar-refractivity contribution < 1.29 is 17.6 Å². The summed E-state index contributed by atoms with van der Waals surface area (Å²) in [5, 5.41) is 0. The van der Waals surface area contributed by atoms with Crippen LogP contribution in [0, 0.1) is 12.9 Å². The van der Waals surface area contributed by atoms with Crippen molar-refractivity contribution >= 4 is 0 Å². The van der Waals surface area contributed by atoms with Crippen LogP contribution in [0.25, 0.3) is 11.3 Å². The lowest BCUT2D eigenvalue weighted by Crippen LogP contribution is -2.05. The van der Waals surface area contributed by atoms with E-state index in [1.54, 1.807) is 6.92 Å². The number of nitrogens with zero attached hydrogens (tertiary/aromatic N) is 1.